The van der Waals surface area contributed by atoms with Gasteiger partial charge in [0.1, 0.15) is 0 Å². The maximum absolute atomic E-state index is 5.00. The van der Waals surface area contributed by atoms with E-state index in [1.165, 1.54) is 25.7 Å². The van der Waals surface area contributed by atoms with Gasteiger partial charge < -0.3 is 0 Å². The minimum atomic E-state index is 0.672. The molecule has 2 aromatic heterocycles. The van der Waals surface area contributed by atoms with E-state index in [1.807, 2.05) is 38.1 Å². The summed E-state index contributed by atoms with van der Waals surface area (Å²) in [5.41, 5.74) is 5.34. The number of nitrogens with zero attached hydrogens (tertiary/aromatic N) is 3. The summed E-state index contributed by atoms with van der Waals surface area (Å²) in [5, 5.41) is 2.49. The fourth-order valence-electron chi connectivity index (χ4n) is 4.48. The molecule has 3 nitrogen and oxygen atoms in total. The van der Waals surface area contributed by atoms with Crippen LogP contribution in [0.4, 0.5) is 0 Å². The summed E-state index contributed by atoms with van der Waals surface area (Å²) in [7, 11) is 0. The molecule has 6 aromatic rings. The first kappa shape index (κ1) is 23.0. The molecule has 178 valence electrons. The van der Waals surface area contributed by atoms with E-state index in [9.17, 15) is 0 Å². The predicted octanol–water partition coefficient (Wildman–Crippen LogP) is 9.22. The summed E-state index contributed by atoms with van der Waals surface area (Å²) in [6, 6.07) is 33.8. The van der Waals surface area contributed by atoms with Crippen molar-refractivity contribution >= 4 is 37.1 Å². The van der Waals surface area contributed by atoms with Crippen molar-refractivity contribution in [1.82, 2.24) is 15.0 Å². The van der Waals surface area contributed by atoms with Crippen molar-refractivity contribution in [3.05, 3.63) is 121 Å². The van der Waals surface area contributed by atoms with Crippen molar-refractivity contribution in [3.8, 4) is 33.9 Å². The second-order valence-electron chi connectivity index (χ2n) is 8.91. The van der Waals surface area contributed by atoms with Crippen molar-refractivity contribution in [2.24, 2.45) is 0 Å². The second-order valence-corrected chi connectivity index (χ2v) is 9.96. The largest absolute Gasteiger partial charge is 0.209 e. The SMILES string of the molecule is C/C=C\C=C(/C)c1nc(-c2ccc(-c3ccccc3)cc2)nc(-c2cccc3c2sc2ccccc23)n1. The summed E-state index contributed by atoms with van der Waals surface area (Å²) in [6.07, 6.45) is 6.06. The number of rotatable bonds is 5. The Morgan fingerprint density at radius 2 is 1.32 bits per heavy atom. The number of aromatic nitrogens is 3. The number of allylic oxidation sites excluding steroid dienone is 4. The lowest BCUT2D eigenvalue weighted by atomic mass is 10.0. The van der Waals surface area contributed by atoms with Gasteiger partial charge in [0, 0.05) is 31.3 Å². The highest BCUT2D eigenvalue weighted by molar-refractivity contribution is 7.26. The Kier molecular flexibility index (Phi) is 6.17. The van der Waals surface area contributed by atoms with Crippen LogP contribution in [0.25, 0.3) is 59.6 Å². The van der Waals surface area contributed by atoms with Crippen LogP contribution in [0.5, 0.6) is 0 Å². The van der Waals surface area contributed by atoms with Crippen molar-refractivity contribution in [2.75, 3.05) is 0 Å². The first-order valence-electron chi connectivity index (χ1n) is 12.3. The molecule has 0 bridgehead atoms. The summed E-state index contributed by atoms with van der Waals surface area (Å²) in [4.78, 5) is 14.8. The van der Waals surface area contributed by atoms with Crippen LogP contribution in [0.15, 0.2) is 115 Å². The highest BCUT2D eigenvalue weighted by atomic mass is 32.1. The van der Waals surface area contributed by atoms with Gasteiger partial charge in [-0.15, -0.1) is 11.3 Å². The maximum Gasteiger partial charge on any atom is 0.165 e. The molecule has 0 fully saturated rings. The average Bonchev–Trinajstić information content (AvgIpc) is 3.35. The summed E-state index contributed by atoms with van der Waals surface area (Å²) >= 11 is 1.79. The smallest absolute Gasteiger partial charge is 0.165 e. The Morgan fingerprint density at radius 3 is 2.14 bits per heavy atom. The highest BCUT2D eigenvalue weighted by Crippen LogP contribution is 2.39. The van der Waals surface area contributed by atoms with Crippen LogP contribution in [-0.4, -0.2) is 15.0 Å². The fourth-order valence-corrected chi connectivity index (χ4v) is 5.69. The van der Waals surface area contributed by atoms with Crippen molar-refractivity contribution < 1.29 is 0 Å². The number of hydrogen-bond donors (Lipinski definition) is 0. The Balaban J connectivity index is 1.52. The molecular weight excluding hydrogens is 470 g/mol. The van der Waals surface area contributed by atoms with Crippen LogP contribution in [0, 0.1) is 0 Å². The molecule has 0 spiro atoms. The van der Waals surface area contributed by atoms with Crippen LogP contribution < -0.4 is 0 Å². The quantitative estimate of drug-likeness (QED) is 0.224. The molecule has 4 aromatic carbocycles. The minimum absolute atomic E-state index is 0.672. The van der Waals surface area contributed by atoms with E-state index < -0.39 is 0 Å². The molecule has 0 atom stereocenters. The molecule has 4 heteroatoms. The molecule has 0 amide bonds. The Bertz CT molecular complexity index is 1780. The zero-order valence-corrected chi connectivity index (χ0v) is 21.5. The zero-order chi connectivity index (χ0) is 25.2. The second kappa shape index (κ2) is 9.92. The fraction of sp³-hybridized carbons (Fsp3) is 0.0606. The van der Waals surface area contributed by atoms with Crippen molar-refractivity contribution in [3.63, 3.8) is 0 Å². The molecule has 6 rings (SSSR count). The normalized spacial score (nSPS) is 12.1. The van der Waals surface area contributed by atoms with E-state index in [-0.39, 0.29) is 0 Å². The van der Waals surface area contributed by atoms with E-state index in [1.54, 1.807) is 11.3 Å². The van der Waals surface area contributed by atoms with Gasteiger partial charge in [0.25, 0.3) is 0 Å². The summed E-state index contributed by atoms with van der Waals surface area (Å²) in [5.74, 6) is 2.05. The van der Waals surface area contributed by atoms with Gasteiger partial charge >= 0.3 is 0 Å². The summed E-state index contributed by atoms with van der Waals surface area (Å²) in [6.45, 7) is 4.05. The highest BCUT2D eigenvalue weighted by Gasteiger charge is 2.16. The van der Waals surface area contributed by atoms with Crippen LogP contribution in [0.3, 0.4) is 0 Å². The molecule has 2 heterocycles. The van der Waals surface area contributed by atoms with Crippen molar-refractivity contribution in [1.29, 1.82) is 0 Å². The van der Waals surface area contributed by atoms with Gasteiger partial charge in [-0.1, -0.05) is 103 Å². The van der Waals surface area contributed by atoms with Crippen molar-refractivity contribution in [2.45, 2.75) is 13.8 Å². The van der Waals surface area contributed by atoms with E-state index in [2.05, 4.69) is 91.0 Å². The third kappa shape index (κ3) is 4.48. The van der Waals surface area contributed by atoms with Crippen LogP contribution in [0.1, 0.15) is 19.7 Å². The van der Waals surface area contributed by atoms with Gasteiger partial charge in [0.2, 0.25) is 0 Å². The lowest BCUT2D eigenvalue weighted by molar-refractivity contribution is 1.03. The van der Waals surface area contributed by atoms with Gasteiger partial charge in [-0.3, -0.25) is 0 Å². The van der Waals surface area contributed by atoms with Gasteiger partial charge in [-0.05, 0) is 42.7 Å². The number of fused-ring (bicyclic) bond motifs is 3. The molecule has 37 heavy (non-hydrogen) atoms. The molecule has 0 aliphatic rings. The molecule has 0 saturated heterocycles. The van der Waals surface area contributed by atoms with Gasteiger partial charge in [-0.25, -0.2) is 15.0 Å². The standard InChI is InChI=1S/C33H25N3S/c1-3-4-11-22(2)31-34-32(25-20-18-24(19-21-25)23-12-6-5-7-13-23)36-33(35-31)28-16-10-15-27-26-14-8-9-17-29(26)37-30(27)28/h3-21H,1-2H3/b4-3-,22-11+. The number of benzene rings is 4. The zero-order valence-electron chi connectivity index (χ0n) is 20.7. The van der Waals surface area contributed by atoms with E-state index in [4.69, 9.17) is 15.0 Å². The third-order valence-corrected chi connectivity index (χ3v) is 7.64. The van der Waals surface area contributed by atoms with Crippen LogP contribution in [-0.2, 0) is 0 Å². The maximum atomic E-state index is 5.00. The lowest BCUT2D eigenvalue weighted by Crippen LogP contribution is -2.02. The molecular formula is C33H25N3S. The van der Waals surface area contributed by atoms with Gasteiger partial charge in [-0.2, -0.15) is 0 Å². The minimum Gasteiger partial charge on any atom is -0.209 e. The number of thiophene rings is 1. The predicted molar refractivity (Wildman–Crippen MR) is 157 cm³/mol. The molecule has 0 radical (unpaired) electrons. The molecule has 0 aliphatic heterocycles. The summed E-state index contributed by atoms with van der Waals surface area (Å²) < 4.78 is 2.46. The molecule has 0 aliphatic carbocycles. The first-order chi connectivity index (χ1) is 18.2. The Labute approximate surface area is 220 Å². The monoisotopic (exact) mass is 495 g/mol. The molecule has 0 unspecified atom stereocenters. The first-order valence-corrected chi connectivity index (χ1v) is 13.2. The van der Waals surface area contributed by atoms with Gasteiger partial charge in [0.05, 0.1) is 0 Å². The van der Waals surface area contributed by atoms with E-state index in [0.29, 0.717) is 17.5 Å². The lowest BCUT2D eigenvalue weighted by Gasteiger charge is -2.10. The Hall–Kier alpha value is -4.41. The molecule has 0 N–H and O–H groups in total. The third-order valence-electron chi connectivity index (χ3n) is 6.42. The van der Waals surface area contributed by atoms with Crippen LogP contribution in [0.2, 0.25) is 0 Å². The van der Waals surface area contributed by atoms with E-state index in [0.717, 1.165) is 22.3 Å². The molecule has 0 saturated carbocycles. The topological polar surface area (TPSA) is 38.7 Å². The number of hydrogen-bond acceptors (Lipinski definition) is 4. The van der Waals surface area contributed by atoms with Crippen LogP contribution >= 0.6 is 11.3 Å². The average molecular weight is 496 g/mol. The van der Waals surface area contributed by atoms with Gasteiger partial charge in [0.15, 0.2) is 17.5 Å². The van der Waals surface area contributed by atoms with E-state index >= 15 is 0 Å². The Morgan fingerprint density at radius 1 is 0.649 bits per heavy atom.